The van der Waals surface area contributed by atoms with E-state index in [9.17, 15) is 5.26 Å². The molecule has 0 bridgehead atoms. The van der Waals surface area contributed by atoms with Gasteiger partial charge in [0.05, 0.1) is 12.0 Å². The summed E-state index contributed by atoms with van der Waals surface area (Å²) < 4.78 is 0. The zero-order valence-electron chi connectivity index (χ0n) is 13.0. The Bertz CT molecular complexity index is 757. The summed E-state index contributed by atoms with van der Waals surface area (Å²) in [5.74, 6) is -0.00944. The summed E-state index contributed by atoms with van der Waals surface area (Å²) in [7, 11) is 0. The molecule has 0 spiro atoms. The molecular formula is C22H19N. The van der Waals surface area contributed by atoms with Gasteiger partial charge < -0.3 is 0 Å². The highest BCUT2D eigenvalue weighted by Gasteiger charge is 2.24. The van der Waals surface area contributed by atoms with E-state index in [1.165, 1.54) is 11.1 Å². The van der Waals surface area contributed by atoms with E-state index in [-0.39, 0.29) is 11.8 Å². The molecule has 0 N–H and O–H groups in total. The lowest BCUT2D eigenvalue weighted by Gasteiger charge is -2.23. The smallest absolute Gasteiger partial charge is 0.0784 e. The van der Waals surface area contributed by atoms with Gasteiger partial charge >= 0.3 is 0 Å². The van der Waals surface area contributed by atoms with Crippen LogP contribution in [0.1, 0.15) is 28.5 Å². The molecule has 0 aliphatic heterocycles. The van der Waals surface area contributed by atoms with Crippen molar-refractivity contribution in [1.82, 2.24) is 0 Å². The zero-order valence-corrected chi connectivity index (χ0v) is 13.0. The summed E-state index contributed by atoms with van der Waals surface area (Å²) >= 11 is 0. The SMILES string of the molecule is N#C[C@H](c1ccccc1)[C@H](Cc1ccccc1)c1ccccc1. The number of rotatable bonds is 5. The molecule has 3 rings (SSSR count). The van der Waals surface area contributed by atoms with Crippen molar-refractivity contribution in [3.05, 3.63) is 108 Å². The Kier molecular flexibility index (Phi) is 4.86. The van der Waals surface area contributed by atoms with Crippen LogP contribution in [0.15, 0.2) is 91.0 Å². The van der Waals surface area contributed by atoms with Crippen LogP contribution in [-0.4, -0.2) is 0 Å². The number of benzene rings is 3. The molecule has 112 valence electrons. The summed E-state index contributed by atoms with van der Waals surface area (Å²) in [6.07, 6.45) is 0.859. The summed E-state index contributed by atoms with van der Waals surface area (Å²) in [6, 6.07) is 33.4. The third kappa shape index (κ3) is 3.67. The van der Waals surface area contributed by atoms with Gasteiger partial charge in [-0.15, -0.1) is 0 Å². The predicted octanol–water partition coefficient (Wildman–Crippen LogP) is 5.32. The van der Waals surface area contributed by atoms with Gasteiger partial charge in [-0.3, -0.25) is 0 Å². The van der Waals surface area contributed by atoms with Gasteiger partial charge in [0.15, 0.2) is 0 Å². The van der Waals surface area contributed by atoms with E-state index in [1.54, 1.807) is 0 Å². The number of nitriles is 1. The van der Waals surface area contributed by atoms with Gasteiger partial charge in [-0.05, 0) is 23.1 Å². The van der Waals surface area contributed by atoms with Gasteiger partial charge in [0.2, 0.25) is 0 Å². The summed E-state index contributed by atoms with van der Waals surface area (Å²) in [5.41, 5.74) is 3.56. The van der Waals surface area contributed by atoms with Gasteiger partial charge in [0.25, 0.3) is 0 Å². The fourth-order valence-electron chi connectivity index (χ4n) is 3.05. The topological polar surface area (TPSA) is 23.8 Å². The van der Waals surface area contributed by atoms with Gasteiger partial charge in [-0.1, -0.05) is 91.0 Å². The van der Waals surface area contributed by atoms with Gasteiger partial charge in [-0.25, -0.2) is 0 Å². The first-order valence-electron chi connectivity index (χ1n) is 7.92. The fraction of sp³-hybridized carbons (Fsp3) is 0.136. The van der Waals surface area contributed by atoms with Gasteiger partial charge in [-0.2, -0.15) is 5.26 Å². The second-order valence-electron chi connectivity index (χ2n) is 5.72. The van der Waals surface area contributed by atoms with Crippen molar-refractivity contribution in [2.45, 2.75) is 18.3 Å². The van der Waals surface area contributed by atoms with E-state index in [0.717, 1.165) is 12.0 Å². The molecule has 1 heteroatoms. The van der Waals surface area contributed by atoms with Gasteiger partial charge in [0.1, 0.15) is 0 Å². The van der Waals surface area contributed by atoms with Crippen LogP contribution >= 0.6 is 0 Å². The van der Waals surface area contributed by atoms with Crippen molar-refractivity contribution in [3.8, 4) is 6.07 Å². The number of nitrogens with zero attached hydrogens (tertiary/aromatic N) is 1. The van der Waals surface area contributed by atoms with Crippen LogP contribution in [0.25, 0.3) is 0 Å². The molecule has 0 heterocycles. The van der Waals surface area contributed by atoms with Crippen LogP contribution in [0.2, 0.25) is 0 Å². The maximum Gasteiger partial charge on any atom is 0.0784 e. The van der Waals surface area contributed by atoms with Crippen LogP contribution in [0, 0.1) is 11.3 Å². The molecule has 0 aliphatic rings. The van der Waals surface area contributed by atoms with Crippen LogP contribution in [0.5, 0.6) is 0 Å². The Morgan fingerprint density at radius 1 is 0.652 bits per heavy atom. The molecular weight excluding hydrogens is 278 g/mol. The molecule has 2 atom stereocenters. The third-order valence-electron chi connectivity index (χ3n) is 4.23. The molecule has 23 heavy (non-hydrogen) atoms. The molecule has 0 saturated heterocycles. The molecule has 0 unspecified atom stereocenters. The maximum absolute atomic E-state index is 9.84. The minimum absolute atomic E-state index is 0.144. The first-order valence-corrected chi connectivity index (χ1v) is 7.92. The van der Waals surface area contributed by atoms with Crippen molar-refractivity contribution in [1.29, 1.82) is 5.26 Å². The minimum Gasteiger partial charge on any atom is -0.198 e. The second kappa shape index (κ2) is 7.42. The molecule has 0 fully saturated rings. The second-order valence-corrected chi connectivity index (χ2v) is 5.72. The average Bonchev–Trinajstić information content (AvgIpc) is 2.64. The minimum atomic E-state index is -0.154. The van der Waals surface area contributed by atoms with Crippen LogP contribution in [-0.2, 0) is 6.42 Å². The van der Waals surface area contributed by atoms with E-state index in [0.29, 0.717) is 0 Å². The standard InChI is InChI=1S/C22H19N/c23-17-22(20-14-8-3-9-15-20)21(19-12-6-2-7-13-19)16-18-10-4-1-5-11-18/h1-15,21-22H,16H2/t21-,22-/m1/s1. The Hall–Kier alpha value is -2.85. The molecule has 3 aromatic rings. The highest BCUT2D eigenvalue weighted by Crippen LogP contribution is 2.35. The van der Waals surface area contributed by atoms with Crippen molar-refractivity contribution >= 4 is 0 Å². The van der Waals surface area contributed by atoms with E-state index < -0.39 is 0 Å². The first kappa shape index (κ1) is 15.1. The van der Waals surface area contributed by atoms with E-state index in [2.05, 4.69) is 54.6 Å². The Morgan fingerprint density at radius 2 is 1.13 bits per heavy atom. The fourth-order valence-corrected chi connectivity index (χ4v) is 3.05. The molecule has 0 aliphatic carbocycles. The highest BCUT2D eigenvalue weighted by molar-refractivity contribution is 5.35. The van der Waals surface area contributed by atoms with E-state index in [4.69, 9.17) is 0 Å². The molecule has 0 aromatic heterocycles. The van der Waals surface area contributed by atoms with E-state index in [1.807, 2.05) is 42.5 Å². The number of hydrogen-bond acceptors (Lipinski definition) is 1. The Morgan fingerprint density at radius 3 is 1.65 bits per heavy atom. The van der Waals surface area contributed by atoms with Crippen molar-refractivity contribution in [2.75, 3.05) is 0 Å². The summed E-state index contributed by atoms with van der Waals surface area (Å²) in [4.78, 5) is 0. The predicted molar refractivity (Wildman–Crippen MR) is 94.1 cm³/mol. The largest absolute Gasteiger partial charge is 0.198 e. The molecule has 0 amide bonds. The third-order valence-corrected chi connectivity index (χ3v) is 4.23. The molecule has 0 radical (unpaired) electrons. The van der Waals surface area contributed by atoms with Crippen molar-refractivity contribution in [2.24, 2.45) is 0 Å². The van der Waals surface area contributed by atoms with E-state index >= 15 is 0 Å². The summed E-state index contributed by atoms with van der Waals surface area (Å²) in [6.45, 7) is 0. The normalized spacial score (nSPS) is 13.0. The monoisotopic (exact) mass is 297 g/mol. The maximum atomic E-state index is 9.84. The van der Waals surface area contributed by atoms with Crippen LogP contribution in [0.4, 0.5) is 0 Å². The quantitative estimate of drug-likeness (QED) is 0.625. The zero-order chi connectivity index (χ0) is 15.9. The van der Waals surface area contributed by atoms with Crippen molar-refractivity contribution < 1.29 is 0 Å². The van der Waals surface area contributed by atoms with Crippen LogP contribution in [0.3, 0.4) is 0 Å². The molecule has 3 aromatic carbocycles. The molecule has 0 saturated carbocycles. The lowest BCUT2D eigenvalue weighted by molar-refractivity contribution is 0.623. The van der Waals surface area contributed by atoms with Crippen molar-refractivity contribution in [3.63, 3.8) is 0 Å². The number of hydrogen-bond donors (Lipinski definition) is 0. The van der Waals surface area contributed by atoms with Gasteiger partial charge in [0, 0.05) is 5.92 Å². The Balaban J connectivity index is 1.99. The summed E-state index contributed by atoms with van der Waals surface area (Å²) in [5, 5.41) is 9.84. The first-order chi connectivity index (χ1) is 11.4. The average molecular weight is 297 g/mol. The Labute approximate surface area is 137 Å². The lowest BCUT2D eigenvalue weighted by atomic mass is 9.79. The highest BCUT2D eigenvalue weighted by atomic mass is 14.3. The molecule has 1 nitrogen and oxygen atoms in total. The lowest BCUT2D eigenvalue weighted by Crippen LogP contribution is -2.13. The van der Waals surface area contributed by atoms with Crippen LogP contribution < -0.4 is 0 Å².